The Morgan fingerprint density at radius 3 is 0.506 bits per heavy atom. The van der Waals surface area contributed by atoms with E-state index in [1.54, 1.807) is 0 Å². The summed E-state index contributed by atoms with van der Waals surface area (Å²) in [7, 11) is 0. The lowest BCUT2D eigenvalue weighted by atomic mass is 10.0. The van der Waals surface area contributed by atoms with Crippen LogP contribution < -0.4 is 0 Å². The highest BCUT2D eigenvalue weighted by Gasteiger charge is 2.20. The number of rotatable bonds is 69. The second-order valence-electron chi connectivity index (χ2n) is 25.2. The molecule has 79 heavy (non-hydrogen) atoms. The Morgan fingerprint density at radius 2 is 0.342 bits per heavy atom. The summed E-state index contributed by atoms with van der Waals surface area (Å²) in [5.74, 6) is -0.818. The minimum Gasteiger partial charge on any atom is -0.462 e. The van der Waals surface area contributed by atoms with Crippen molar-refractivity contribution < 1.29 is 28.6 Å². The standard InChI is InChI=1S/C73H142O6/c1-4-7-10-13-16-19-22-25-28-30-32-33-34-35-36-37-38-39-40-42-43-45-48-51-54-57-60-63-66-72(75)78-69-70(68-77-71(74)65-62-59-56-53-50-47-27-24-21-18-15-12-9-6-3)79-73(76)67-64-61-58-55-52-49-46-44-41-31-29-26-23-20-17-14-11-8-5-2/h70H,4-69H2,1-3H3. The van der Waals surface area contributed by atoms with Gasteiger partial charge < -0.3 is 14.2 Å². The fraction of sp³-hybridized carbons (Fsp3) is 0.959. The molecule has 0 aromatic heterocycles. The van der Waals surface area contributed by atoms with Gasteiger partial charge in [-0.2, -0.15) is 0 Å². The molecule has 0 heterocycles. The minimum atomic E-state index is -0.763. The summed E-state index contributed by atoms with van der Waals surface area (Å²) >= 11 is 0. The van der Waals surface area contributed by atoms with Gasteiger partial charge >= 0.3 is 17.9 Å². The first kappa shape index (κ1) is 77.4. The number of esters is 3. The van der Waals surface area contributed by atoms with E-state index in [2.05, 4.69) is 20.8 Å². The van der Waals surface area contributed by atoms with E-state index in [4.69, 9.17) is 14.2 Å². The second-order valence-corrected chi connectivity index (χ2v) is 25.2. The zero-order chi connectivity index (χ0) is 57.1. The smallest absolute Gasteiger partial charge is 0.306 e. The predicted molar refractivity (Wildman–Crippen MR) is 344 cm³/mol. The number of ether oxygens (including phenoxy) is 3. The summed E-state index contributed by atoms with van der Waals surface area (Å²) in [5.41, 5.74) is 0. The molecule has 0 aliphatic heterocycles. The van der Waals surface area contributed by atoms with Crippen LogP contribution in [0.25, 0.3) is 0 Å². The molecule has 0 bridgehead atoms. The zero-order valence-electron chi connectivity index (χ0n) is 54.2. The van der Waals surface area contributed by atoms with E-state index in [-0.39, 0.29) is 31.1 Å². The van der Waals surface area contributed by atoms with Crippen molar-refractivity contribution in [1.29, 1.82) is 0 Å². The molecule has 0 rings (SSSR count). The lowest BCUT2D eigenvalue weighted by Crippen LogP contribution is -2.30. The molecule has 0 amide bonds. The van der Waals surface area contributed by atoms with Crippen LogP contribution in [0.15, 0.2) is 0 Å². The SMILES string of the molecule is CCCCCCCCCCCCCCCCCCCCCCCCCCCCCCC(=O)OCC(COC(=O)CCCCCCCCCCCCCCCC)OC(=O)CCCCCCCCCCCCCCCCCCCCC. The topological polar surface area (TPSA) is 78.9 Å². The molecule has 0 spiro atoms. The van der Waals surface area contributed by atoms with Gasteiger partial charge in [-0.3, -0.25) is 14.4 Å². The van der Waals surface area contributed by atoms with Crippen LogP contribution in [0.3, 0.4) is 0 Å². The maximum atomic E-state index is 12.9. The molecule has 0 saturated heterocycles. The van der Waals surface area contributed by atoms with Crippen molar-refractivity contribution in [2.75, 3.05) is 13.2 Å². The summed E-state index contributed by atoms with van der Waals surface area (Å²) < 4.78 is 17.0. The normalized spacial score (nSPS) is 11.9. The molecule has 0 N–H and O–H groups in total. The summed E-state index contributed by atoms with van der Waals surface area (Å²) in [6.07, 6.45) is 81.4. The number of unbranched alkanes of at least 4 members (excludes halogenated alkanes) is 58. The number of hydrogen-bond acceptors (Lipinski definition) is 6. The molecule has 470 valence electrons. The predicted octanol–water partition coefficient (Wildman–Crippen LogP) is 25.0. The van der Waals surface area contributed by atoms with Crippen molar-refractivity contribution in [3.05, 3.63) is 0 Å². The van der Waals surface area contributed by atoms with Crippen LogP contribution in [0.2, 0.25) is 0 Å². The summed E-state index contributed by atoms with van der Waals surface area (Å²) in [6.45, 7) is 6.75. The van der Waals surface area contributed by atoms with Gasteiger partial charge in [0.15, 0.2) is 6.10 Å². The second kappa shape index (κ2) is 68.9. The maximum absolute atomic E-state index is 12.9. The fourth-order valence-corrected chi connectivity index (χ4v) is 11.6. The average Bonchev–Trinajstić information content (AvgIpc) is 3.45. The molecule has 0 saturated carbocycles. The van der Waals surface area contributed by atoms with Crippen LogP contribution in [0.1, 0.15) is 432 Å². The first-order valence-electron chi connectivity index (χ1n) is 36.5. The van der Waals surface area contributed by atoms with E-state index in [0.717, 1.165) is 57.8 Å². The van der Waals surface area contributed by atoms with Crippen LogP contribution in [-0.4, -0.2) is 37.2 Å². The third-order valence-electron chi connectivity index (χ3n) is 17.1. The van der Waals surface area contributed by atoms with Crippen LogP contribution >= 0.6 is 0 Å². The third-order valence-corrected chi connectivity index (χ3v) is 17.1. The highest BCUT2D eigenvalue weighted by molar-refractivity contribution is 5.71. The molecule has 0 aromatic carbocycles. The highest BCUT2D eigenvalue weighted by atomic mass is 16.6. The molecule has 6 nitrogen and oxygen atoms in total. The lowest BCUT2D eigenvalue weighted by Gasteiger charge is -2.18. The Morgan fingerprint density at radius 1 is 0.203 bits per heavy atom. The molecule has 0 aliphatic rings. The van der Waals surface area contributed by atoms with E-state index < -0.39 is 6.10 Å². The van der Waals surface area contributed by atoms with Gasteiger partial charge in [0.2, 0.25) is 0 Å². The van der Waals surface area contributed by atoms with Gasteiger partial charge in [0.25, 0.3) is 0 Å². The highest BCUT2D eigenvalue weighted by Crippen LogP contribution is 2.20. The van der Waals surface area contributed by atoms with Gasteiger partial charge in [0.05, 0.1) is 0 Å². The Bertz CT molecular complexity index is 1190. The molecule has 0 aromatic rings. The lowest BCUT2D eigenvalue weighted by molar-refractivity contribution is -0.167. The zero-order valence-corrected chi connectivity index (χ0v) is 54.2. The molecule has 0 fully saturated rings. The number of carbonyl (C=O) groups is 3. The largest absolute Gasteiger partial charge is 0.462 e. The van der Waals surface area contributed by atoms with Gasteiger partial charge in [0.1, 0.15) is 13.2 Å². The Labute approximate surface area is 495 Å². The summed E-state index contributed by atoms with van der Waals surface area (Å²) in [5, 5.41) is 0. The summed E-state index contributed by atoms with van der Waals surface area (Å²) in [6, 6.07) is 0. The van der Waals surface area contributed by atoms with Gasteiger partial charge in [-0.05, 0) is 19.3 Å². The van der Waals surface area contributed by atoms with E-state index in [1.165, 1.54) is 334 Å². The number of carbonyl (C=O) groups excluding carboxylic acids is 3. The fourth-order valence-electron chi connectivity index (χ4n) is 11.6. The van der Waals surface area contributed by atoms with Gasteiger partial charge in [-0.25, -0.2) is 0 Å². The van der Waals surface area contributed by atoms with Crippen molar-refractivity contribution in [3.8, 4) is 0 Å². The van der Waals surface area contributed by atoms with Crippen LogP contribution in [-0.2, 0) is 28.6 Å². The quantitative estimate of drug-likeness (QED) is 0.0343. The average molecular weight is 1120 g/mol. The van der Waals surface area contributed by atoms with Crippen molar-refractivity contribution in [3.63, 3.8) is 0 Å². The van der Waals surface area contributed by atoms with Gasteiger partial charge in [-0.1, -0.05) is 393 Å². The van der Waals surface area contributed by atoms with Crippen LogP contribution in [0, 0.1) is 0 Å². The Balaban J connectivity index is 4.16. The van der Waals surface area contributed by atoms with E-state index in [0.29, 0.717) is 19.3 Å². The van der Waals surface area contributed by atoms with Crippen molar-refractivity contribution in [2.24, 2.45) is 0 Å². The molecule has 1 atom stereocenters. The Hall–Kier alpha value is -1.59. The summed E-state index contributed by atoms with van der Waals surface area (Å²) in [4.78, 5) is 38.4. The molecular weight excluding hydrogens is 973 g/mol. The van der Waals surface area contributed by atoms with E-state index in [1.807, 2.05) is 0 Å². The molecule has 0 radical (unpaired) electrons. The molecule has 0 aliphatic carbocycles. The van der Waals surface area contributed by atoms with Gasteiger partial charge in [0, 0.05) is 19.3 Å². The minimum absolute atomic E-state index is 0.0601. The van der Waals surface area contributed by atoms with E-state index in [9.17, 15) is 14.4 Å². The van der Waals surface area contributed by atoms with Crippen LogP contribution in [0.4, 0.5) is 0 Å². The van der Waals surface area contributed by atoms with Gasteiger partial charge in [-0.15, -0.1) is 0 Å². The third kappa shape index (κ3) is 67.1. The first-order chi connectivity index (χ1) is 39.0. The maximum Gasteiger partial charge on any atom is 0.306 e. The Kier molecular flexibility index (Phi) is 67.5. The van der Waals surface area contributed by atoms with Crippen LogP contribution in [0.5, 0.6) is 0 Å². The molecular formula is C73H142O6. The van der Waals surface area contributed by atoms with Crippen molar-refractivity contribution in [2.45, 2.75) is 438 Å². The van der Waals surface area contributed by atoms with Crippen molar-refractivity contribution >= 4 is 17.9 Å². The first-order valence-corrected chi connectivity index (χ1v) is 36.5. The van der Waals surface area contributed by atoms with Crippen molar-refractivity contribution in [1.82, 2.24) is 0 Å². The van der Waals surface area contributed by atoms with E-state index >= 15 is 0 Å². The molecule has 1 unspecified atom stereocenters. The molecule has 6 heteroatoms. The monoisotopic (exact) mass is 1120 g/mol. The number of hydrogen-bond donors (Lipinski definition) is 0.